The summed E-state index contributed by atoms with van der Waals surface area (Å²) in [6.07, 6.45) is 10.1. The zero-order valence-electron chi connectivity index (χ0n) is 17.5. The molecule has 0 aromatic heterocycles. The first-order chi connectivity index (χ1) is 14.1. The fourth-order valence-corrected chi connectivity index (χ4v) is 3.34. The highest BCUT2D eigenvalue weighted by molar-refractivity contribution is 5.90. The molecule has 4 heteroatoms. The first-order valence-electron chi connectivity index (χ1n) is 10.7. The van der Waals surface area contributed by atoms with Crippen LogP contribution < -0.4 is 5.32 Å². The first-order valence-corrected chi connectivity index (χ1v) is 10.7. The summed E-state index contributed by atoms with van der Waals surface area (Å²) in [6, 6.07) is 15.6. The van der Waals surface area contributed by atoms with Gasteiger partial charge in [0.1, 0.15) is 0 Å². The van der Waals surface area contributed by atoms with Gasteiger partial charge in [-0.15, -0.1) is 0 Å². The van der Waals surface area contributed by atoms with Crippen molar-refractivity contribution in [3.63, 3.8) is 0 Å². The van der Waals surface area contributed by atoms with Crippen LogP contribution in [0.3, 0.4) is 0 Å². The van der Waals surface area contributed by atoms with E-state index >= 15 is 0 Å². The Labute approximate surface area is 174 Å². The van der Waals surface area contributed by atoms with Gasteiger partial charge in [0.25, 0.3) is 0 Å². The van der Waals surface area contributed by atoms with E-state index in [1.165, 1.54) is 49.7 Å². The molecule has 0 saturated carbocycles. The molecule has 0 fully saturated rings. The molecule has 0 aliphatic carbocycles. The average Bonchev–Trinajstić information content (AvgIpc) is 2.71. The number of carbonyl (C=O) groups excluding carboxylic acids is 1. The van der Waals surface area contributed by atoms with Crippen LogP contribution in [0.1, 0.15) is 68.6 Å². The van der Waals surface area contributed by atoms with Crippen LogP contribution in [0.2, 0.25) is 0 Å². The van der Waals surface area contributed by atoms with Crippen molar-refractivity contribution >= 4 is 17.6 Å². The molecule has 29 heavy (non-hydrogen) atoms. The van der Waals surface area contributed by atoms with Gasteiger partial charge in [-0.25, -0.2) is 0 Å². The van der Waals surface area contributed by atoms with Gasteiger partial charge < -0.3 is 10.4 Å². The van der Waals surface area contributed by atoms with Crippen molar-refractivity contribution in [2.75, 3.05) is 5.32 Å². The minimum absolute atomic E-state index is 0.0108. The highest BCUT2D eigenvalue weighted by Gasteiger charge is 2.05. The number of hydrogen-bond acceptors (Lipinski definition) is 2. The van der Waals surface area contributed by atoms with Crippen LogP contribution in [0, 0.1) is 0 Å². The van der Waals surface area contributed by atoms with Gasteiger partial charge in [0.15, 0.2) is 0 Å². The van der Waals surface area contributed by atoms with Gasteiger partial charge in [-0.1, -0.05) is 75.4 Å². The number of hydrogen-bond donors (Lipinski definition) is 2. The molecule has 0 spiro atoms. The minimum atomic E-state index is -0.861. The molecule has 2 rings (SSSR count). The Morgan fingerprint density at radius 3 is 1.93 bits per heavy atom. The minimum Gasteiger partial charge on any atom is -0.481 e. The Morgan fingerprint density at radius 2 is 1.31 bits per heavy atom. The topological polar surface area (TPSA) is 66.4 Å². The van der Waals surface area contributed by atoms with E-state index in [1.807, 2.05) is 0 Å². The summed E-state index contributed by atoms with van der Waals surface area (Å²) in [7, 11) is 0. The highest BCUT2D eigenvalue weighted by atomic mass is 16.4. The van der Waals surface area contributed by atoms with E-state index in [0.717, 1.165) is 12.0 Å². The lowest BCUT2D eigenvalue weighted by Gasteiger charge is -2.07. The van der Waals surface area contributed by atoms with E-state index in [4.69, 9.17) is 5.11 Å². The number of carboxylic acid groups (broad SMARTS) is 1. The number of benzene rings is 2. The molecular formula is C25H33NO3. The maximum atomic E-state index is 12.2. The summed E-state index contributed by atoms with van der Waals surface area (Å²) < 4.78 is 0. The lowest BCUT2D eigenvalue weighted by atomic mass is 10.0. The van der Waals surface area contributed by atoms with Crippen LogP contribution >= 0.6 is 0 Å². The smallest absolute Gasteiger partial charge is 0.307 e. The molecule has 1 amide bonds. The van der Waals surface area contributed by atoms with Crippen LogP contribution in [0.25, 0.3) is 0 Å². The van der Waals surface area contributed by atoms with Crippen LogP contribution in [-0.4, -0.2) is 17.0 Å². The van der Waals surface area contributed by atoms with Crippen molar-refractivity contribution in [1.29, 1.82) is 0 Å². The molecule has 0 aliphatic heterocycles. The second kappa shape index (κ2) is 12.8. The Hall–Kier alpha value is -2.62. The summed E-state index contributed by atoms with van der Waals surface area (Å²) in [6.45, 7) is 2.24. The number of nitrogens with one attached hydrogen (secondary N) is 1. The van der Waals surface area contributed by atoms with Gasteiger partial charge >= 0.3 is 5.97 Å². The molecule has 2 aromatic carbocycles. The molecule has 0 aliphatic rings. The molecule has 4 nitrogen and oxygen atoms in total. The van der Waals surface area contributed by atoms with Gasteiger partial charge in [-0.05, 0) is 48.1 Å². The van der Waals surface area contributed by atoms with Gasteiger partial charge in [0.2, 0.25) is 5.91 Å². The average molecular weight is 396 g/mol. The fraction of sp³-hybridized carbons (Fsp3) is 0.440. The third-order valence-corrected chi connectivity index (χ3v) is 5.08. The third kappa shape index (κ3) is 9.42. The zero-order valence-corrected chi connectivity index (χ0v) is 17.5. The summed E-state index contributed by atoms with van der Waals surface area (Å²) in [4.78, 5) is 22.9. The van der Waals surface area contributed by atoms with E-state index in [1.54, 1.807) is 24.3 Å². The Morgan fingerprint density at radius 1 is 0.759 bits per heavy atom. The number of amides is 1. The van der Waals surface area contributed by atoms with Gasteiger partial charge in [-0.2, -0.15) is 0 Å². The summed E-state index contributed by atoms with van der Waals surface area (Å²) in [5, 5.41) is 11.7. The van der Waals surface area contributed by atoms with Gasteiger partial charge in [-0.3, -0.25) is 9.59 Å². The molecule has 0 heterocycles. The van der Waals surface area contributed by atoms with Crippen molar-refractivity contribution < 1.29 is 14.7 Å². The Bertz CT molecular complexity index is 751. The number of aryl methyl sites for hydroxylation is 2. The zero-order chi connectivity index (χ0) is 20.9. The van der Waals surface area contributed by atoms with Crippen LogP contribution in [0.15, 0.2) is 48.5 Å². The second-order valence-corrected chi connectivity index (χ2v) is 7.65. The van der Waals surface area contributed by atoms with Crippen molar-refractivity contribution in [2.45, 2.75) is 71.1 Å². The predicted molar refractivity (Wildman–Crippen MR) is 118 cm³/mol. The fourth-order valence-electron chi connectivity index (χ4n) is 3.34. The first kappa shape index (κ1) is 22.7. The number of aliphatic carboxylic acids is 1. The molecular weight excluding hydrogens is 362 g/mol. The Kier molecular flexibility index (Phi) is 9.98. The van der Waals surface area contributed by atoms with E-state index in [0.29, 0.717) is 18.5 Å². The largest absolute Gasteiger partial charge is 0.481 e. The summed E-state index contributed by atoms with van der Waals surface area (Å²) >= 11 is 0. The van der Waals surface area contributed by atoms with Crippen molar-refractivity contribution in [3.8, 4) is 0 Å². The maximum Gasteiger partial charge on any atom is 0.307 e. The molecule has 0 radical (unpaired) electrons. The number of carboxylic acids is 1. The van der Waals surface area contributed by atoms with Crippen LogP contribution in [0.5, 0.6) is 0 Å². The molecule has 0 saturated heterocycles. The number of unbranched alkanes of at least 4 members (excludes halogenated alkanes) is 5. The second-order valence-electron chi connectivity index (χ2n) is 7.65. The van der Waals surface area contributed by atoms with Crippen molar-refractivity contribution in [1.82, 2.24) is 0 Å². The highest BCUT2D eigenvalue weighted by Crippen LogP contribution is 2.14. The molecule has 0 atom stereocenters. The predicted octanol–water partition coefficient (Wildman–Crippen LogP) is 5.79. The molecule has 2 aromatic rings. The number of anilines is 1. The molecule has 0 unspecified atom stereocenters. The van der Waals surface area contributed by atoms with Crippen LogP contribution in [0.4, 0.5) is 5.69 Å². The number of carbonyl (C=O) groups is 2. The summed E-state index contributed by atoms with van der Waals surface area (Å²) in [5.41, 5.74) is 3.95. The molecule has 2 N–H and O–H groups in total. The SMILES string of the molecule is CCCCCCCCc1ccc(CCC(=O)Nc2ccc(CC(=O)O)cc2)cc1. The lowest BCUT2D eigenvalue weighted by Crippen LogP contribution is -2.12. The standard InChI is InChI=1S/C25H33NO3/c1-2-3-4-5-6-7-8-20-9-11-21(12-10-20)15-18-24(27)26-23-16-13-22(14-17-23)19-25(28)29/h9-14,16-17H,2-8,15,18-19H2,1H3,(H,26,27)(H,28,29). The number of rotatable bonds is 13. The van der Waals surface area contributed by atoms with Crippen LogP contribution in [-0.2, 0) is 28.9 Å². The van der Waals surface area contributed by atoms with Crippen molar-refractivity contribution in [3.05, 3.63) is 65.2 Å². The molecule has 0 bridgehead atoms. The monoisotopic (exact) mass is 395 g/mol. The van der Waals surface area contributed by atoms with Gasteiger partial charge in [0, 0.05) is 12.1 Å². The van der Waals surface area contributed by atoms with E-state index in [2.05, 4.69) is 36.5 Å². The maximum absolute atomic E-state index is 12.2. The van der Waals surface area contributed by atoms with E-state index in [-0.39, 0.29) is 12.3 Å². The van der Waals surface area contributed by atoms with Crippen molar-refractivity contribution in [2.24, 2.45) is 0 Å². The third-order valence-electron chi connectivity index (χ3n) is 5.08. The normalized spacial score (nSPS) is 10.7. The van der Waals surface area contributed by atoms with Gasteiger partial charge in [0.05, 0.1) is 6.42 Å². The molecule has 156 valence electrons. The lowest BCUT2D eigenvalue weighted by molar-refractivity contribution is -0.136. The quantitative estimate of drug-likeness (QED) is 0.422. The van der Waals surface area contributed by atoms with E-state index < -0.39 is 5.97 Å². The van der Waals surface area contributed by atoms with E-state index in [9.17, 15) is 9.59 Å². The summed E-state index contributed by atoms with van der Waals surface area (Å²) in [5.74, 6) is -0.896. The Balaban J connectivity index is 1.68.